The van der Waals surface area contributed by atoms with Gasteiger partial charge in [0.15, 0.2) is 0 Å². The van der Waals surface area contributed by atoms with Crippen LogP contribution in [0.4, 0.5) is 5.82 Å². The van der Waals surface area contributed by atoms with Crippen molar-refractivity contribution in [2.45, 2.75) is 27.2 Å². The average Bonchev–Trinajstić information content (AvgIpc) is 2.73. The summed E-state index contributed by atoms with van der Waals surface area (Å²) >= 11 is 0. The molecule has 0 aliphatic heterocycles. The third kappa shape index (κ3) is 1.89. The van der Waals surface area contributed by atoms with E-state index in [-0.39, 0.29) is 0 Å². The Morgan fingerprint density at radius 1 is 1.57 bits per heavy atom. The summed E-state index contributed by atoms with van der Waals surface area (Å²) in [5.41, 5.74) is 1.78. The predicted octanol–water partition coefficient (Wildman–Crippen LogP) is 2.85. The lowest BCUT2D eigenvalue weighted by Gasteiger charge is -2.08. The Labute approximate surface area is 85.7 Å². The molecule has 1 N–H and O–H groups in total. The van der Waals surface area contributed by atoms with Crippen LogP contribution in [0.15, 0.2) is 18.3 Å². The van der Waals surface area contributed by atoms with Gasteiger partial charge < -0.3 is 5.32 Å². The third-order valence-electron chi connectivity index (χ3n) is 3.24. The Morgan fingerprint density at radius 3 is 2.86 bits per heavy atom. The monoisotopic (exact) mass is 190 g/mol. The molecule has 0 spiro atoms. The molecule has 0 radical (unpaired) electrons. The van der Waals surface area contributed by atoms with Crippen LogP contribution in [0.2, 0.25) is 0 Å². The number of anilines is 1. The van der Waals surface area contributed by atoms with Gasteiger partial charge in [-0.25, -0.2) is 4.98 Å². The van der Waals surface area contributed by atoms with Crippen molar-refractivity contribution < 1.29 is 0 Å². The second-order valence-electron chi connectivity index (χ2n) is 4.94. The van der Waals surface area contributed by atoms with Crippen molar-refractivity contribution in [1.82, 2.24) is 4.98 Å². The molecule has 2 rings (SSSR count). The SMILES string of the molecule is Cc1cccnc1NCC1CC1(C)C. The summed E-state index contributed by atoms with van der Waals surface area (Å²) in [5, 5.41) is 3.42. The molecule has 2 heteroatoms. The van der Waals surface area contributed by atoms with Gasteiger partial charge in [0.05, 0.1) is 0 Å². The predicted molar refractivity (Wildman–Crippen MR) is 59.4 cm³/mol. The first-order valence-electron chi connectivity index (χ1n) is 5.25. The van der Waals surface area contributed by atoms with Crippen LogP contribution in [0, 0.1) is 18.3 Å². The van der Waals surface area contributed by atoms with Gasteiger partial charge in [-0.2, -0.15) is 0 Å². The standard InChI is InChI=1S/C12H18N2/c1-9-5-4-6-13-11(9)14-8-10-7-12(10,2)3/h4-6,10H,7-8H2,1-3H3,(H,13,14). The summed E-state index contributed by atoms with van der Waals surface area (Å²) in [7, 11) is 0. The smallest absolute Gasteiger partial charge is 0.128 e. The van der Waals surface area contributed by atoms with Crippen molar-refractivity contribution in [2.75, 3.05) is 11.9 Å². The fraction of sp³-hybridized carbons (Fsp3) is 0.583. The molecule has 0 bridgehead atoms. The van der Waals surface area contributed by atoms with Gasteiger partial charge in [0, 0.05) is 12.7 Å². The Morgan fingerprint density at radius 2 is 2.29 bits per heavy atom. The average molecular weight is 190 g/mol. The number of aromatic nitrogens is 1. The van der Waals surface area contributed by atoms with Crippen LogP contribution in [0.25, 0.3) is 0 Å². The summed E-state index contributed by atoms with van der Waals surface area (Å²) in [6, 6.07) is 4.06. The van der Waals surface area contributed by atoms with Gasteiger partial charge >= 0.3 is 0 Å². The van der Waals surface area contributed by atoms with E-state index in [1.807, 2.05) is 12.3 Å². The molecule has 0 saturated heterocycles. The number of nitrogens with zero attached hydrogens (tertiary/aromatic N) is 1. The molecule has 1 aliphatic carbocycles. The van der Waals surface area contributed by atoms with E-state index in [2.05, 4.69) is 37.1 Å². The number of hydrogen-bond donors (Lipinski definition) is 1. The van der Waals surface area contributed by atoms with Crippen molar-refractivity contribution in [3.8, 4) is 0 Å². The first-order chi connectivity index (χ1) is 6.59. The van der Waals surface area contributed by atoms with E-state index in [0.717, 1.165) is 18.3 Å². The van der Waals surface area contributed by atoms with Crippen LogP contribution < -0.4 is 5.32 Å². The van der Waals surface area contributed by atoms with Crippen molar-refractivity contribution in [3.05, 3.63) is 23.9 Å². The Bertz CT molecular complexity index is 331. The number of aryl methyl sites for hydroxylation is 1. The number of nitrogens with one attached hydrogen (secondary N) is 1. The quantitative estimate of drug-likeness (QED) is 0.792. The largest absolute Gasteiger partial charge is 0.370 e. The molecule has 1 aromatic heterocycles. The second-order valence-corrected chi connectivity index (χ2v) is 4.94. The summed E-state index contributed by atoms with van der Waals surface area (Å²) in [6.45, 7) is 7.80. The highest BCUT2D eigenvalue weighted by Gasteiger charge is 2.44. The first kappa shape index (κ1) is 9.50. The molecule has 1 saturated carbocycles. The van der Waals surface area contributed by atoms with Crippen molar-refractivity contribution >= 4 is 5.82 Å². The Kier molecular flexibility index (Phi) is 2.22. The molecule has 1 heterocycles. The number of hydrogen-bond acceptors (Lipinski definition) is 2. The Balaban J connectivity index is 1.90. The molecular weight excluding hydrogens is 172 g/mol. The number of rotatable bonds is 3. The van der Waals surface area contributed by atoms with Gasteiger partial charge in [0.2, 0.25) is 0 Å². The van der Waals surface area contributed by atoms with E-state index in [9.17, 15) is 0 Å². The third-order valence-corrected chi connectivity index (χ3v) is 3.24. The molecule has 1 aliphatic rings. The summed E-state index contributed by atoms with van der Waals surface area (Å²) < 4.78 is 0. The lowest BCUT2D eigenvalue weighted by Crippen LogP contribution is -2.09. The zero-order chi connectivity index (χ0) is 10.2. The van der Waals surface area contributed by atoms with Gasteiger partial charge in [0.25, 0.3) is 0 Å². The summed E-state index contributed by atoms with van der Waals surface area (Å²) in [6.07, 6.45) is 3.18. The van der Waals surface area contributed by atoms with Crippen LogP contribution in [0.5, 0.6) is 0 Å². The van der Waals surface area contributed by atoms with Gasteiger partial charge in [-0.3, -0.25) is 0 Å². The summed E-state index contributed by atoms with van der Waals surface area (Å²) in [4.78, 5) is 4.31. The van der Waals surface area contributed by atoms with Gasteiger partial charge in [-0.1, -0.05) is 19.9 Å². The zero-order valence-electron chi connectivity index (χ0n) is 9.17. The van der Waals surface area contributed by atoms with Gasteiger partial charge in [-0.15, -0.1) is 0 Å². The molecule has 2 nitrogen and oxygen atoms in total. The van der Waals surface area contributed by atoms with E-state index >= 15 is 0 Å². The molecule has 14 heavy (non-hydrogen) atoms. The first-order valence-corrected chi connectivity index (χ1v) is 5.25. The molecule has 1 unspecified atom stereocenters. The Hall–Kier alpha value is -1.05. The lowest BCUT2D eigenvalue weighted by atomic mass is 10.1. The maximum absolute atomic E-state index is 4.31. The highest BCUT2D eigenvalue weighted by atomic mass is 15.0. The zero-order valence-corrected chi connectivity index (χ0v) is 9.17. The van der Waals surface area contributed by atoms with E-state index in [0.29, 0.717) is 5.41 Å². The van der Waals surface area contributed by atoms with Crippen molar-refractivity contribution in [1.29, 1.82) is 0 Å². The van der Waals surface area contributed by atoms with Crippen molar-refractivity contribution in [2.24, 2.45) is 11.3 Å². The fourth-order valence-electron chi connectivity index (χ4n) is 1.82. The van der Waals surface area contributed by atoms with E-state index in [1.54, 1.807) is 0 Å². The molecule has 76 valence electrons. The van der Waals surface area contributed by atoms with Crippen molar-refractivity contribution in [3.63, 3.8) is 0 Å². The van der Waals surface area contributed by atoms with E-state index in [1.165, 1.54) is 12.0 Å². The molecule has 1 aromatic rings. The maximum Gasteiger partial charge on any atom is 0.128 e. The summed E-state index contributed by atoms with van der Waals surface area (Å²) in [5.74, 6) is 1.86. The normalized spacial score (nSPS) is 23.2. The topological polar surface area (TPSA) is 24.9 Å². The van der Waals surface area contributed by atoms with Crippen LogP contribution in [-0.4, -0.2) is 11.5 Å². The van der Waals surface area contributed by atoms with Crippen LogP contribution in [-0.2, 0) is 0 Å². The molecular formula is C12H18N2. The molecule has 1 atom stereocenters. The molecule has 1 fully saturated rings. The number of pyridine rings is 1. The minimum absolute atomic E-state index is 0.551. The molecule has 0 amide bonds. The second kappa shape index (κ2) is 3.26. The van der Waals surface area contributed by atoms with Gasteiger partial charge in [0.1, 0.15) is 5.82 Å². The van der Waals surface area contributed by atoms with Crippen LogP contribution in [0.1, 0.15) is 25.8 Å². The van der Waals surface area contributed by atoms with Crippen LogP contribution in [0.3, 0.4) is 0 Å². The van der Waals surface area contributed by atoms with Crippen LogP contribution >= 0.6 is 0 Å². The van der Waals surface area contributed by atoms with E-state index < -0.39 is 0 Å². The molecule has 0 aromatic carbocycles. The fourth-order valence-corrected chi connectivity index (χ4v) is 1.82. The van der Waals surface area contributed by atoms with Gasteiger partial charge in [-0.05, 0) is 36.3 Å². The minimum Gasteiger partial charge on any atom is -0.370 e. The van der Waals surface area contributed by atoms with E-state index in [4.69, 9.17) is 0 Å². The maximum atomic E-state index is 4.31. The highest BCUT2D eigenvalue weighted by Crippen LogP contribution is 2.51. The lowest BCUT2D eigenvalue weighted by molar-refractivity contribution is 0.572. The highest BCUT2D eigenvalue weighted by molar-refractivity contribution is 5.42. The minimum atomic E-state index is 0.551.